The molecule has 1 saturated heterocycles. The lowest BCUT2D eigenvalue weighted by Gasteiger charge is -2.38. The SMILES string of the molecule is Cc1ccc(S(=O)(=O)OCCC2(C)CCO2)cc1. The van der Waals surface area contributed by atoms with Crippen molar-refractivity contribution in [2.75, 3.05) is 13.2 Å². The van der Waals surface area contributed by atoms with E-state index in [9.17, 15) is 8.42 Å². The van der Waals surface area contributed by atoms with Crippen LogP contribution in [0, 0.1) is 6.92 Å². The van der Waals surface area contributed by atoms with E-state index in [0.29, 0.717) is 6.42 Å². The molecule has 1 aromatic rings. The van der Waals surface area contributed by atoms with Gasteiger partial charge in [0, 0.05) is 6.42 Å². The molecule has 1 atom stereocenters. The summed E-state index contributed by atoms with van der Waals surface area (Å²) >= 11 is 0. The van der Waals surface area contributed by atoms with Gasteiger partial charge < -0.3 is 4.74 Å². The van der Waals surface area contributed by atoms with Gasteiger partial charge in [-0.15, -0.1) is 0 Å². The van der Waals surface area contributed by atoms with E-state index in [4.69, 9.17) is 8.92 Å². The van der Waals surface area contributed by atoms with E-state index in [1.807, 2.05) is 13.8 Å². The first-order chi connectivity index (χ1) is 8.41. The highest BCUT2D eigenvalue weighted by atomic mass is 32.2. The van der Waals surface area contributed by atoms with Crippen LogP contribution in [0.3, 0.4) is 0 Å². The van der Waals surface area contributed by atoms with Crippen LogP contribution in [0.15, 0.2) is 29.2 Å². The quantitative estimate of drug-likeness (QED) is 0.770. The minimum Gasteiger partial charge on any atom is -0.375 e. The second kappa shape index (κ2) is 4.99. The van der Waals surface area contributed by atoms with Crippen molar-refractivity contribution >= 4 is 10.1 Å². The fourth-order valence-corrected chi connectivity index (χ4v) is 2.70. The Balaban J connectivity index is 1.93. The molecular formula is C13H18O4S. The lowest BCUT2D eigenvalue weighted by Crippen LogP contribution is -2.41. The third-order valence-electron chi connectivity index (χ3n) is 3.26. The summed E-state index contributed by atoms with van der Waals surface area (Å²) in [6.45, 7) is 4.79. The maximum atomic E-state index is 11.9. The molecule has 5 heteroatoms. The maximum Gasteiger partial charge on any atom is 0.296 e. The number of benzene rings is 1. The Kier molecular flexibility index (Phi) is 3.75. The summed E-state index contributed by atoms with van der Waals surface area (Å²) in [6.07, 6.45) is 1.55. The molecule has 1 aromatic carbocycles. The molecule has 0 N–H and O–H groups in total. The molecule has 1 aliphatic rings. The zero-order chi connectivity index (χ0) is 13.2. The van der Waals surface area contributed by atoms with Gasteiger partial charge in [0.2, 0.25) is 0 Å². The monoisotopic (exact) mass is 270 g/mol. The average Bonchev–Trinajstić information content (AvgIpc) is 2.27. The number of hydrogen-bond donors (Lipinski definition) is 0. The van der Waals surface area contributed by atoms with Crippen LogP contribution in [0.4, 0.5) is 0 Å². The molecule has 0 bridgehead atoms. The van der Waals surface area contributed by atoms with Crippen molar-refractivity contribution in [3.05, 3.63) is 29.8 Å². The van der Waals surface area contributed by atoms with Gasteiger partial charge in [-0.1, -0.05) is 17.7 Å². The number of rotatable bonds is 5. The van der Waals surface area contributed by atoms with Gasteiger partial charge in [0.15, 0.2) is 0 Å². The summed E-state index contributed by atoms with van der Waals surface area (Å²) in [6, 6.07) is 6.64. The highest BCUT2D eigenvalue weighted by Gasteiger charge is 2.33. The predicted molar refractivity (Wildman–Crippen MR) is 67.9 cm³/mol. The van der Waals surface area contributed by atoms with Crippen molar-refractivity contribution in [1.29, 1.82) is 0 Å². The number of hydrogen-bond acceptors (Lipinski definition) is 4. The fourth-order valence-electron chi connectivity index (χ4n) is 1.79. The van der Waals surface area contributed by atoms with Crippen LogP contribution in [-0.2, 0) is 19.0 Å². The second-order valence-corrected chi connectivity index (χ2v) is 6.50. The highest BCUT2D eigenvalue weighted by molar-refractivity contribution is 7.86. The van der Waals surface area contributed by atoms with Crippen LogP contribution < -0.4 is 0 Å². The molecule has 100 valence electrons. The standard InChI is InChI=1S/C13H18O4S/c1-11-3-5-12(6-4-11)18(14,15)17-10-8-13(2)7-9-16-13/h3-6H,7-10H2,1-2H3. The first kappa shape index (κ1) is 13.5. The predicted octanol–water partition coefficient (Wildman–Crippen LogP) is 2.27. The average molecular weight is 270 g/mol. The van der Waals surface area contributed by atoms with Crippen molar-refractivity contribution in [2.24, 2.45) is 0 Å². The van der Waals surface area contributed by atoms with Gasteiger partial charge in [-0.3, -0.25) is 4.18 Å². The molecule has 0 saturated carbocycles. The smallest absolute Gasteiger partial charge is 0.296 e. The van der Waals surface area contributed by atoms with Crippen LogP contribution in [0.25, 0.3) is 0 Å². The molecule has 1 fully saturated rings. The molecule has 0 radical (unpaired) electrons. The molecule has 18 heavy (non-hydrogen) atoms. The molecule has 1 unspecified atom stereocenters. The lowest BCUT2D eigenvalue weighted by atomic mass is 9.94. The van der Waals surface area contributed by atoms with Crippen LogP contribution in [0.2, 0.25) is 0 Å². The van der Waals surface area contributed by atoms with E-state index in [1.165, 1.54) is 0 Å². The summed E-state index contributed by atoms with van der Waals surface area (Å²) in [5.74, 6) is 0. The van der Waals surface area contributed by atoms with Crippen LogP contribution in [0.1, 0.15) is 25.3 Å². The Bertz CT molecular complexity index is 500. The summed E-state index contributed by atoms with van der Waals surface area (Å²) in [5.41, 5.74) is 0.812. The number of aryl methyl sites for hydroxylation is 1. The Morgan fingerprint density at radius 1 is 1.33 bits per heavy atom. The van der Waals surface area contributed by atoms with Gasteiger partial charge in [-0.2, -0.15) is 8.42 Å². The van der Waals surface area contributed by atoms with Gasteiger partial charge >= 0.3 is 0 Å². The van der Waals surface area contributed by atoms with Crippen LogP contribution in [-0.4, -0.2) is 27.2 Å². The van der Waals surface area contributed by atoms with Crippen molar-refractivity contribution in [3.63, 3.8) is 0 Å². The second-order valence-electron chi connectivity index (χ2n) is 4.89. The normalized spacial score (nSPS) is 23.7. The third kappa shape index (κ3) is 3.10. The fraction of sp³-hybridized carbons (Fsp3) is 0.538. The highest BCUT2D eigenvalue weighted by Crippen LogP contribution is 2.29. The lowest BCUT2D eigenvalue weighted by molar-refractivity contribution is -0.141. The summed E-state index contributed by atoms with van der Waals surface area (Å²) < 4.78 is 34.1. The van der Waals surface area contributed by atoms with Crippen molar-refractivity contribution in [3.8, 4) is 0 Å². The van der Waals surface area contributed by atoms with Crippen molar-refractivity contribution in [1.82, 2.24) is 0 Å². The molecule has 1 aliphatic heterocycles. The number of ether oxygens (including phenoxy) is 1. The topological polar surface area (TPSA) is 52.6 Å². The van der Waals surface area contributed by atoms with Gasteiger partial charge in [-0.25, -0.2) is 0 Å². The van der Waals surface area contributed by atoms with E-state index < -0.39 is 10.1 Å². The van der Waals surface area contributed by atoms with E-state index >= 15 is 0 Å². The summed E-state index contributed by atoms with van der Waals surface area (Å²) in [4.78, 5) is 0.202. The third-order valence-corrected chi connectivity index (χ3v) is 4.59. The molecule has 0 spiro atoms. The summed E-state index contributed by atoms with van der Waals surface area (Å²) in [7, 11) is -3.64. The van der Waals surface area contributed by atoms with Crippen molar-refractivity contribution < 1.29 is 17.3 Å². The Morgan fingerprint density at radius 3 is 2.44 bits per heavy atom. The Hall–Kier alpha value is -0.910. The molecule has 0 aliphatic carbocycles. The maximum absolute atomic E-state index is 11.9. The van der Waals surface area contributed by atoms with E-state index in [0.717, 1.165) is 18.6 Å². The first-order valence-corrected chi connectivity index (χ1v) is 7.42. The first-order valence-electron chi connectivity index (χ1n) is 6.01. The Labute approximate surface area is 108 Å². The van der Waals surface area contributed by atoms with Crippen LogP contribution >= 0.6 is 0 Å². The van der Waals surface area contributed by atoms with Gasteiger partial charge in [0.05, 0.1) is 23.7 Å². The minimum atomic E-state index is -3.64. The molecule has 0 aromatic heterocycles. The molecule has 1 heterocycles. The van der Waals surface area contributed by atoms with E-state index in [-0.39, 0.29) is 17.1 Å². The van der Waals surface area contributed by atoms with E-state index in [1.54, 1.807) is 24.3 Å². The van der Waals surface area contributed by atoms with Gasteiger partial charge in [0.25, 0.3) is 10.1 Å². The zero-order valence-corrected chi connectivity index (χ0v) is 11.5. The van der Waals surface area contributed by atoms with E-state index in [2.05, 4.69) is 0 Å². The largest absolute Gasteiger partial charge is 0.375 e. The molecule has 2 rings (SSSR count). The molecular weight excluding hydrogens is 252 g/mol. The van der Waals surface area contributed by atoms with Gasteiger partial charge in [0.1, 0.15) is 0 Å². The zero-order valence-electron chi connectivity index (χ0n) is 10.7. The summed E-state index contributed by atoms with van der Waals surface area (Å²) in [5, 5.41) is 0. The molecule has 0 amide bonds. The Morgan fingerprint density at radius 2 is 1.94 bits per heavy atom. The van der Waals surface area contributed by atoms with Crippen LogP contribution in [0.5, 0.6) is 0 Å². The molecule has 4 nitrogen and oxygen atoms in total. The van der Waals surface area contributed by atoms with Crippen molar-refractivity contribution in [2.45, 2.75) is 37.2 Å². The minimum absolute atomic E-state index is 0.159. The van der Waals surface area contributed by atoms with Gasteiger partial charge in [-0.05, 0) is 32.4 Å².